The average Bonchev–Trinajstić information content (AvgIpc) is 2.83. The van der Waals surface area contributed by atoms with E-state index in [4.69, 9.17) is 4.74 Å². The van der Waals surface area contributed by atoms with Crippen LogP contribution >= 0.6 is 0 Å². The van der Waals surface area contributed by atoms with Gasteiger partial charge in [0.05, 0.1) is 11.4 Å². The molecule has 1 aromatic rings. The Morgan fingerprint density at radius 2 is 2.24 bits per heavy atom. The van der Waals surface area contributed by atoms with Crippen molar-refractivity contribution in [3.05, 3.63) is 18.0 Å². The van der Waals surface area contributed by atoms with Crippen LogP contribution in [0.15, 0.2) is 12.4 Å². The zero-order chi connectivity index (χ0) is 12.3. The number of hydrogen-bond donors (Lipinski definition) is 2. The fourth-order valence-corrected chi connectivity index (χ4v) is 3.53. The summed E-state index contributed by atoms with van der Waals surface area (Å²) >= 11 is 0. The second kappa shape index (κ2) is 5.16. The molecule has 1 aliphatic rings. The number of hydrogen-bond acceptors (Lipinski definition) is 4. The van der Waals surface area contributed by atoms with Crippen molar-refractivity contribution in [2.45, 2.75) is 31.1 Å². The molecule has 0 aromatic carbocycles. The molecule has 6 nitrogen and oxygen atoms in total. The Balaban J connectivity index is 2.01. The summed E-state index contributed by atoms with van der Waals surface area (Å²) in [4.78, 5) is 0. The van der Waals surface area contributed by atoms with Gasteiger partial charge in [0.1, 0.15) is 0 Å². The third-order valence-corrected chi connectivity index (χ3v) is 5.00. The largest absolute Gasteiger partial charge is 0.381 e. The Kier molecular flexibility index (Phi) is 3.80. The average molecular weight is 259 g/mol. The first-order valence-electron chi connectivity index (χ1n) is 5.67. The van der Waals surface area contributed by atoms with Gasteiger partial charge in [-0.15, -0.1) is 0 Å². The lowest BCUT2D eigenvalue weighted by Gasteiger charge is -2.24. The maximum absolute atomic E-state index is 12.1. The molecule has 1 unspecified atom stereocenters. The summed E-state index contributed by atoms with van der Waals surface area (Å²) in [5.41, 5.74) is 0.834. The van der Waals surface area contributed by atoms with Gasteiger partial charge in [0.25, 0.3) is 0 Å². The normalized spacial score (nSPS) is 20.3. The van der Waals surface area contributed by atoms with Gasteiger partial charge in [-0.3, -0.25) is 5.10 Å². The Morgan fingerprint density at radius 1 is 1.53 bits per heavy atom. The molecule has 1 saturated heterocycles. The van der Waals surface area contributed by atoms with E-state index in [2.05, 4.69) is 14.9 Å². The topological polar surface area (TPSA) is 84.1 Å². The van der Waals surface area contributed by atoms with Crippen LogP contribution in [0.25, 0.3) is 0 Å². The van der Waals surface area contributed by atoms with E-state index in [-0.39, 0.29) is 11.3 Å². The van der Waals surface area contributed by atoms with Crippen molar-refractivity contribution in [2.75, 3.05) is 13.2 Å². The van der Waals surface area contributed by atoms with Crippen molar-refractivity contribution in [1.82, 2.24) is 14.9 Å². The van der Waals surface area contributed by atoms with Crippen molar-refractivity contribution in [3.63, 3.8) is 0 Å². The number of H-pyrrole nitrogens is 1. The molecular weight excluding hydrogens is 242 g/mol. The monoisotopic (exact) mass is 259 g/mol. The first-order chi connectivity index (χ1) is 8.09. The van der Waals surface area contributed by atoms with Crippen molar-refractivity contribution >= 4 is 10.0 Å². The summed E-state index contributed by atoms with van der Waals surface area (Å²) < 4.78 is 32.0. The number of ether oxygens (including phenoxy) is 1. The van der Waals surface area contributed by atoms with Crippen LogP contribution in [0.2, 0.25) is 0 Å². The lowest BCUT2D eigenvalue weighted by molar-refractivity contribution is 0.0981. The van der Waals surface area contributed by atoms with E-state index in [9.17, 15) is 8.42 Å². The first-order valence-corrected chi connectivity index (χ1v) is 7.22. The van der Waals surface area contributed by atoms with Crippen molar-refractivity contribution in [3.8, 4) is 0 Å². The summed E-state index contributed by atoms with van der Waals surface area (Å²) in [6, 6.07) is -0.262. The Bertz CT molecular complexity index is 437. The molecule has 1 aromatic heterocycles. The predicted molar refractivity (Wildman–Crippen MR) is 62.9 cm³/mol. The minimum atomic E-state index is -3.28. The van der Waals surface area contributed by atoms with Crippen LogP contribution < -0.4 is 4.72 Å². The zero-order valence-corrected chi connectivity index (χ0v) is 10.5. The van der Waals surface area contributed by atoms with Gasteiger partial charge in [-0.1, -0.05) is 0 Å². The molecule has 7 heteroatoms. The molecule has 1 aliphatic heterocycles. The minimum absolute atomic E-state index is 0.262. The van der Waals surface area contributed by atoms with Gasteiger partial charge in [-0.25, -0.2) is 13.1 Å². The number of aromatic nitrogens is 2. The molecule has 1 fully saturated rings. The summed E-state index contributed by atoms with van der Waals surface area (Å²) in [6.07, 6.45) is 4.44. The Hall–Kier alpha value is -0.920. The van der Waals surface area contributed by atoms with Crippen molar-refractivity contribution in [1.29, 1.82) is 0 Å². The molecule has 0 amide bonds. The molecule has 0 aliphatic carbocycles. The van der Waals surface area contributed by atoms with Crippen molar-refractivity contribution < 1.29 is 13.2 Å². The second-order valence-corrected chi connectivity index (χ2v) is 6.22. The van der Waals surface area contributed by atoms with Crippen LogP contribution in [0.5, 0.6) is 0 Å². The highest BCUT2D eigenvalue weighted by atomic mass is 32.2. The highest BCUT2D eigenvalue weighted by molar-refractivity contribution is 7.90. The van der Waals surface area contributed by atoms with Crippen LogP contribution in [0.4, 0.5) is 0 Å². The lowest BCUT2D eigenvalue weighted by atomic mass is 10.2. The van der Waals surface area contributed by atoms with E-state index in [0.29, 0.717) is 26.1 Å². The van der Waals surface area contributed by atoms with Crippen LogP contribution in [-0.4, -0.2) is 37.1 Å². The summed E-state index contributed by atoms with van der Waals surface area (Å²) in [5.74, 6) is 0. The first kappa shape index (κ1) is 12.5. The predicted octanol–water partition coefficient (Wildman–Crippen LogP) is 0.569. The molecule has 0 saturated carbocycles. The molecule has 2 N–H and O–H groups in total. The van der Waals surface area contributed by atoms with E-state index < -0.39 is 10.0 Å². The van der Waals surface area contributed by atoms with Crippen LogP contribution in [0, 0.1) is 0 Å². The fraction of sp³-hybridized carbons (Fsp3) is 0.700. The number of nitrogens with one attached hydrogen (secondary N) is 2. The molecule has 17 heavy (non-hydrogen) atoms. The number of sulfonamides is 1. The summed E-state index contributed by atoms with van der Waals surface area (Å²) in [7, 11) is -3.28. The van der Waals surface area contributed by atoms with Crippen LogP contribution in [0.3, 0.4) is 0 Å². The van der Waals surface area contributed by atoms with Gasteiger partial charge in [0, 0.05) is 31.0 Å². The smallest absolute Gasteiger partial charge is 0.215 e. The summed E-state index contributed by atoms with van der Waals surface area (Å²) in [5, 5.41) is 6.14. The molecule has 96 valence electrons. The fourth-order valence-electron chi connectivity index (χ4n) is 1.89. The van der Waals surface area contributed by atoms with E-state index in [1.165, 1.54) is 0 Å². The zero-order valence-electron chi connectivity index (χ0n) is 9.72. The van der Waals surface area contributed by atoms with Crippen molar-refractivity contribution in [2.24, 2.45) is 0 Å². The molecule has 0 spiro atoms. The molecular formula is C10H17N3O3S. The molecule has 0 radical (unpaired) electrons. The van der Waals surface area contributed by atoms with Crippen LogP contribution in [-0.2, 0) is 14.8 Å². The van der Waals surface area contributed by atoms with Gasteiger partial charge in [-0.2, -0.15) is 5.10 Å². The number of aromatic amines is 1. The van der Waals surface area contributed by atoms with E-state index in [1.54, 1.807) is 12.4 Å². The quantitative estimate of drug-likeness (QED) is 0.828. The van der Waals surface area contributed by atoms with E-state index >= 15 is 0 Å². The maximum atomic E-state index is 12.1. The summed E-state index contributed by atoms with van der Waals surface area (Å²) in [6.45, 7) is 2.85. The third kappa shape index (κ3) is 3.05. The van der Waals surface area contributed by atoms with Crippen LogP contribution in [0.1, 0.15) is 31.4 Å². The van der Waals surface area contributed by atoms with E-state index in [1.807, 2.05) is 6.92 Å². The lowest BCUT2D eigenvalue weighted by Crippen LogP contribution is -2.39. The molecule has 2 heterocycles. The maximum Gasteiger partial charge on any atom is 0.215 e. The standard InChI is InChI=1S/C10H17N3O3S/c1-8(9-6-11-12-7-9)13-17(14,15)10-2-4-16-5-3-10/h6-8,10,13H,2-5H2,1H3,(H,11,12). The second-order valence-electron chi connectivity index (χ2n) is 4.23. The third-order valence-electron chi connectivity index (χ3n) is 2.97. The minimum Gasteiger partial charge on any atom is -0.381 e. The highest BCUT2D eigenvalue weighted by Crippen LogP contribution is 2.18. The SMILES string of the molecule is CC(NS(=O)(=O)C1CCOCC1)c1cn[nH]c1. The molecule has 1 atom stereocenters. The Labute approximate surface area is 101 Å². The van der Waals surface area contributed by atoms with Gasteiger partial charge >= 0.3 is 0 Å². The van der Waals surface area contributed by atoms with E-state index in [0.717, 1.165) is 5.56 Å². The Morgan fingerprint density at radius 3 is 2.82 bits per heavy atom. The number of nitrogens with zero attached hydrogens (tertiary/aromatic N) is 1. The van der Waals surface area contributed by atoms with Gasteiger partial charge in [0.15, 0.2) is 0 Å². The molecule has 0 bridgehead atoms. The molecule has 2 rings (SSSR count). The van der Waals surface area contributed by atoms with Gasteiger partial charge < -0.3 is 4.74 Å². The number of rotatable bonds is 4. The van der Waals surface area contributed by atoms with Gasteiger partial charge in [-0.05, 0) is 19.8 Å². The highest BCUT2D eigenvalue weighted by Gasteiger charge is 2.29. The van der Waals surface area contributed by atoms with Gasteiger partial charge in [0.2, 0.25) is 10.0 Å².